The summed E-state index contributed by atoms with van der Waals surface area (Å²) in [6.45, 7) is 8.60. The Kier molecular flexibility index (Phi) is 6.13. The Morgan fingerprint density at radius 1 is 1.28 bits per heavy atom. The third kappa shape index (κ3) is 4.99. The fourth-order valence-corrected chi connectivity index (χ4v) is 2.95. The first-order valence-corrected chi connectivity index (χ1v) is 8.54. The van der Waals surface area contributed by atoms with E-state index in [1.165, 1.54) is 7.11 Å². The molecule has 1 atom stereocenters. The molecule has 0 aromatic heterocycles. The Hall–Kier alpha value is -1.99. The summed E-state index contributed by atoms with van der Waals surface area (Å²) in [5.41, 5.74) is 6.42. The Morgan fingerprint density at radius 3 is 2.40 bits per heavy atom. The van der Waals surface area contributed by atoms with Gasteiger partial charge in [0, 0.05) is 38.8 Å². The van der Waals surface area contributed by atoms with Crippen LogP contribution in [0.3, 0.4) is 0 Å². The van der Waals surface area contributed by atoms with Crippen molar-refractivity contribution in [2.24, 2.45) is 5.73 Å². The van der Waals surface area contributed by atoms with Crippen molar-refractivity contribution in [2.75, 3.05) is 39.8 Å². The zero-order chi connectivity index (χ0) is 18.6. The second-order valence-corrected chi connectivity index (χ2v) is 7.19. The van der Waals surface area contributed by atoms with Crippen LogP contribution in [0, 0.1) is 0 Å². The molecule has 1 heterocycles. The molecule has 1 amide bonds. The number of phenols is 1. The molecule has 7 nitrogen and oxygen atoms in total. The van der Waals surface area contributed by atoms with Crippen LogP contribution in [0.25, 0.3) is 0 Å². The molecule has 0 bridgehead atoms. The van der Waals surface area contributed by atoms with Crippen molar-refractivity contribution in [3.05, 3.63) is 23.8 Å². The van der Waals surface area contributed by atoms with Gasteiger partial charge in [-0.2, -0.15) is 0 Å². The van der Waals surface area contributed by atoms with Gasteiger partial charge in [-0.1, -0.05) is 6.07 Å². The van der Waals surface area contributed by atoms with Gasteiger partial charge in [-0.05, 0) is 38.5 Å². The van der Waals surface area contributed by atoms with Crippen molar-refractivity contribution < 1.29 is 19.4 Å². The molecule has 1 unspecified atom stereocenters. The number of rotatable bonds is 4. The fraction of sp³-hybridized carbons (Fsp3) is 0.611. The van der Waals surface area contributed by atoms with Crippen molar-refractivity contribution >= 4 is 6.09 Å². The summed E-state index contributed by atoms with van der Waals surface area (Å²) in [4.78, 5) is 16.1. The van der Waals surface area contributed by atoms with Gasteiger partial charge in [0.2, 0.25) is 0 Å². The van der Waals surface area contributed by atoms with Crippen LogP contribution in [-0.4, -0.2) is 66.4 Å². The number of hydrogen-bond acceptors (Lipinski definition) is 6. The van der Waals surface area contributed by atoms with E-state index >= 15 is 0 Å². The third-order valence-electron chi connectivity index (χ3n) is 4.22. The first kappa shape index (κ1) is 19.3. The van der Waals surface area contributed by atoms with E-state index in [9.17, 15) is 9.90 Å². The van der Waals surface area contributed by atoms with E-state index in [1.807, 2.05) is 26.8 Å². The predicted molar refractivity (Wildman–Crippen MR) is 95.8 cm³/mol. The summed E-state index contributed by atoms with van der Waals surface area (Å²) in [6.07, 6.45) is -0.279. The number of piperazine rings is 1. The molecule has 2 rings (SSSR count). The molecular weight excluding hydrogens is 322 g/mol. The van der Waals surface area contributed by atoms with Gasteiger partial charge in [0.25, 0.3) is 0 Å². The number of amides is 1. The van der Waals surface area contributed by atoms with Gasteiger partial charge in [-0.3, -0.25) is 4.90 Å². The van der Waals surface area contributed by atoms with Gasteiger partial charge in [0.15, 0.2) is 11.5 Å². The second kappa shape index (κ2) is 7.93. The van der Waals surface area contributed by atoms with Gasteiger partial charge >= 0.3 is 6.09 Å². The highest BCUT2D eigenvalue weighted by molar-refractivity contribution is 5.68. The largest absolute Gasteiger partial charge is 0.504 e. The van der Waals surface area contributed by atoms with Gasteiger partial charge < -0.3 is 25.2 Å². The number of nitrogens with two attached hydrogens (primary N) is 1. The molecule has 1 aliphatic rings. The van der Waals surface area contributed by atoms with Gasteiger partial charge in [-0.25, -0.2) is 4.79 Å². The van der Waals surface area contributed by atoms with Crippen molar-refractivity contribution in [1.82, 2.24) is 9.80 Å². The lowest BCUT2D eigenvalue weighted by molar-refractivity contribution is 0.0106. The maximum atomic E-state index is 12.2. The molecular formula is C18H29N3O4. The molecule has 1 saturated heterocycles. The zero-order valence-electron chi connectivity index (χ0n) is 15.5. The highest BCUT2D eigenvalue weighted by Crippen LogP contribution is 2.31. The Labute approximate surface area is 149 Å². The Bertz CT molecular complexity index is 592. The summed E-state index contributed by atoms with van der Waals surface area (Å²) in [5.74, 6) is 0.542. The average molecular weight is 351 g/mol. The van der Waals surface area contributed by atoms with Crippen molar-refractivity contribution in [2.45, 2.75) is 32.4 Å². The Morgan fingerprint density at radius 2 is 1.92 bits per heavy atom. The van der Waals surface area contributed by atoms with Crippen LogP contribution in [0.1, 0.15) is 32.4 Å². The molecule has 0 spiro atoms. The number of ether oxygens (including phenoxy) is 2. The molecule has 3 N–H and O–H groups in total. The lowest BCUT2D eigenvalue weighted by Gasteiger charge is -2.39. The number of aromatic hydroxyl groups is 1. The summed E-state index contributed by atoms with van der Waals surface area (Å²) in [6, 6.07) is 5.33. The number of benzene rings is 1. The lowest BCUT2D eigenvalue weighted by atomic mass is 10.0. The van der Waals surface area contributed by atoms with Gasteiger partial charge in [-0.15, -0.1) is 0 Å². The highest BCUT2D eigenvalue weighted by atomic mass is 16.6. The summed E-state index contributed by atoms with van der Waals surface area (Å²) < 4.78 is 10.5. The molecule has 1 aromatic rings. The molecule has 1 aliphatic heterocycles. The van der Waals surface area contributed by atoms with Crippen molar-refractivity contribution in [1.29, 1.82) is 0 Å². The average Bonchev–Trinajstić information content (AvgIpc) is 2.55. The van der Waals surface area contributed by atoms with Crippen molar-refractivity contribution in [3.63, 3.8) is 0 Å². The first-order valence-electron chi connectivity index (χ1n) is 8.54. The van der Waals surface area contributed by atoms with E-state index in [-0.39, 0.29) is 17.9 Å². The quantitative estimate of drug-likeness (QED) is 0.862. The molecule has 1 aromatic carbocycles. The SMILES string of the molecule is COc1ccc(C(CN)N2CCN(C(=O)OC(C)(C)C)CC2)cc1O. The zero-order valence-corrected chi connectivity index (χ0v) is 15.5. The minimum Gasteiger partial charge on any atom is -0.504 e. The number of hydrogen-bond donors (Lipinski definition) is 2. The smallest absolute Gasteiger partial charge is 0.410 e. The maximum Gasteiger partial charge on any atom is 0.410 e. The van der Waals surface area contributed by atoms with E-state index in [1.54, 1.807) is 17.0 Å². The lowest BCUT2D eigenvalue weighted by Crippen LogP contribution is -2.51. The van der Waals surface area contributed by atoms with E-state index < -0.39 is 5.60 Å². The third-order valence-corrected chi connectivity index (χ3v) is 4.22. The maximum absolute atomic E-state index is 12.2. The van der Waals surface area contributed by atoms with Crippen LogP contribution in [0.2, 0.25) is 0 Å². The fourth-order valence-electron chi connectivity index (χ4n) is 2.95. The van der Waals surface area contributed by atoms with E-state index in [0.717, 1.165) is 5.56 Å². The normalized spacial score (nSPS) is 17.2. The topological polar surface area (TPSA) is 88.3 Å². The van der Waals surface area contributed by atoms with E-state index in [2.05, 4.69) is 4.90 Å². The molecule has 25 heavy (non-hydrogen) atoms. The number of phenolic OH excluding ortho intramolecular Hbond substituents is 1. The minimum atomic E-state index is -0.491. The molecule has 7 heteroatoms. The monoisotopic (exact) mass is 351 g/mol. The van der Waals surface area contributed by atoms with Crippen LogP contribution >= 0.6 is 0 Å². The Balaban J connectivity index is 2.00. The first-order chi connectivity index (χ1) is 11.7. The van der Waals surface area contributed by atoms with Gasteiger partial charge in [0.1, 0.15) is 5.60 Å². The van der Waals surface area contributed by atoms with Crippen LogP contribution < -0.4 is 10.5 Å². The predicted octanol–water partition coefficient (Wildman–Crippen LogP) is 1.95. The molecule has 1 fully saturated rings. The summed E-state index contributed by atoms with van der Waals surface area (Å²) in [7, 11) is 1.52. The second-order valence-electron chi connectivity index (χ2n) is 7.19. The highest BCUT2D eigenvalue weighted by Gasteiger charge is 2.29. The number of nitrogens with zero attached hydrogens (tertiary/aromatic N) is 2. The number of methoxy groups -OCH3 is 1. The molecule has 0 aliphatic carbocycles. The summed E-state index contributed by atoms with van der Waals surface area (Å²) >= 11 is 0. The minimum absolute atomic E-state index is 0.0161. The molecule has 0 radical (unpaired) electrons. The number of carbonyl (C=O) groups excluding carboxylic acids is 1. The number of carbonyl (C=O) groups is 1. The summed E-state index contributed by atoms with van der Waals surface area (Å²) in [5, 5.41) is 10.0. The van der Waals surface area contributed by atoms with E-state index in [0.29, 0.717) is 38.5 Å². The molecule has 140 valence electrons. The van der Waals surface area contributed by atoms with E-state index in [4.69, 9.17) is 15.2 Å². The van der Waals surface area contributed by atoms with Gasteiger partial charge in [0.05, 0.1) is 7.11 Å². The van der Waals surface area contributed by atoms with Crippen LogP contribution in [0.4, 0.5) is 4.79 Å². The van der Waals surface area contributed by atoms with Crippen LogP contribution in [-0.2, 0) is 4.74 Å². The van der Waals surface area contributed by atoms with Crippen molar-refractivity contribution in [3.8, 4) is 11.5 Å². The van der Waals surface area contributed by atoms with Crippen LogP contribution in [0.5, 0.6) is 11.5 Å². The molecule has 0 saturated carbocycles. The standard InChI is InChI=1S/C18H29N3O4/c1-18(2,3)25-17(23)21-9-7-20(8-10-21)14(12-19)13-5-6-16(24-4)15(22)11-13/h5-6,11,14,22H,7-10,12,19H2,1-4H3. The van der Waals surface area contributed by atoms with Crippen LogP contribution in [0.15, 0.2) is 18.2 Å².